The fraction of sp³-hybridized carbons (Fsp3) is 0.417. The molecule has 1 aromatic rings. The van der Waals surface area contributed by atoms with Crippen molar-refractivity contribution in [3.05, 3.63) is 23.8 Å². The van der Waals surface area contributed by atoms with E-state index in [-0.39, 0.29) is 24.9 Å². The molecule has 4 nitrogen and oxygen atoms in total. The highest BCUT2D eigenvalue weighted by molar-refractivity contribution is 6.01. The van der Waals surface area contributed by atoms with Crippen LogP contribution in [0.25, 0.3) is 0 Å². The molecule has 0 spiro atoms. The number of nitrogens with zero attached hydrogens (tertiary/aromatic N) is 1. The van der Waals surface area contributed by atoms with E-state index >= 15 is 0 Å². The smallest absolute Gasteiger partial charge is 0.394 e. The number of carbonyl (C=O) groups excluding carboxylic acids is 1. The second-order valence-electron chi connectivity index (χ2n) is 4.44. The zero-order valence-corrected chi connectivity index (χ0v) is 10.2. The number of alkyl halides is 3. The average Bonchev–Trinajstić information content (AvgIpc) is 2.34. The van der Waals surface area contributed by atoms with Crippen LogP contribution in [0.1, 0.15) is 12.5 Å². The van der Waals surface area contributed by atoms with E-state index in [1.54, 1.807) is 11.8 Å². The standard InChI is InChI=1S/C12H13F3N2O2/c1-7(6-18)17-5-11(19)16-9-4-8(12(13,14)15)2-3-10(9)17/h2-4,7,18H,5-6H2,1H3,(H,16,19). The van der Waals surface area contributed by atoms with Crippen LogP contribution in [0.2, 0.25) is 0 Å². The fourth-order valence-corrected chi connectivity index (χ4v) is 1.98. The maximum atomic E-state index is 12.6. The Morgan fingerprint density at radius 1 is 1.47 bits per heavy atom. The summed E-state index contributed by atoms with van der Waals surface area (Å²) in [6, 6.07) is 2.84. The van der Waals surface area contributed by atoms with Crippen LogP contribution in [0.5, 0.6) is 0 Å². The first kappa shape index (κ1) is 13.7. The Bertz CT molecular complexity index is 502. The Morgan fingerprint density at radius 3 is 2.74 bits per heavy atom. The third kappa shape index (κ3) is 2.65. The lowest BCUT2D eigenvalue weighted by molar-refractivity contribution is -0.137. The number of aliphatic hydroxyl groups is 1. The molecule has 0 aliphatic carbocycles. The van der Waals surface area contributed by atoms with Gasteiger partial charge in [-0.1, -0.05) is 0 Å². The van der Waals surface area contributed by atoms with Crippen molar-refractivity contribution in [1.82, 2.24) is 0 Å². The van der Waals surface area contributed by atoms with Crippen LogP contribution < -0.4 is 10.2 Å². The first-order chi connectivity index (χ1) is 8.82. The molecular formula is C12H13F3N2O2. The molecule has 1 amide bonds. The van der Waals surface area contributed by atoms with Crippen LogP contribution in [0.4, 0.5) is 24.5 Å². The molecule has 0 bridgehead atoms. The number of fused-ring (bicyclic) bond motifs is 1. The van der Waals surface area contributed by atoms with Crippen LogP contribution in [-0.2, 0) is 11.0 Å². The largest absolute Gasteiger partial charge is 0.416 e. The van der Waals surface area contributed by atoms with Crippen molar-refractivity contribution in [2.75, 3.05) is 23.4 Å². The number of aliphatic hydroxyl groups excluding tert-OH is 1. The van der Waals surface area contributed by atoms with Gasteiger partial charge in [0.2, 0.25) is 5.91 Å². The number of amides is 1. The quantitative estimate of drug-likeness (QED) is 0.865. The molecule has 1 atom stereocenters. The Balaban J connectivity index is 2.44. The summed E-state index contributed by atoms with van der Waals surface area (Å²) < 4.78 is 37.8. The second kappa shape index (κ2) is 4.73. The molecule has 1 unspecified atom stereocenters. The van der Waals surface area contributed by atoms with Crippen molar-refractivity contribution < 1.29 is 23.1 Å². The van der Waals surface area contributed by atoms with E-state index in [9.17, 15) is 18.0 Å². The van der Waals surface area contributed by atoms with Crippen LogP contribution >= 0.6 is 0 Å². The second-order valence-corrected chi connectivity index (χ2v) is 4.44. The Morgan fingerprint density at radius 2 is 2.16 bits per heavy atom. The van der Waals surface area contributed by atoms with E-state index in [2.05, 4.69) is 5.32 Å². The average molecular weight is 274 g/mol. The maximum absolute atomic E-state index is 12.6. The number of halogens is 3. The molecule has 19 heavy (non-hydrogen) atoms. The van der Waals surface area contributed by atoms with Gasteiger partial charge in [-0.05, 0) is 25.1 Å². The summed E-state index contributed by atoms with van der Waals surface area (Å²) in [6.07, 6.45) is -4.45. The molecule has 1 aromatic carbocycles. The lowest BCUT2D eigenvalue weighted by Gasteiger charge is -2.35. The number of nitrogens with one attached hydrogen (secondary N) is 1. The number of carbonyl (C=O) groups is 1. The number of rotatable bonds is 2. The molecule has 0 aromatic heterocycles. The van der Waals surface area contributed by atoms with Crippen LogP contribution in [-0.4, -0.2) is 30.2 Å². The molecule has 0 fully saturated rings. The highest BCUT2D eigenvalue weighted by Gasteiger charge is 2.33. The van der Waals surface area contributed by atoms with Crippen molar-refractivity contribution >= 4 is 17.3 Å². The van der Waals surface area contributed by atoms with Crippen LogP contribution in [0, 0.1) is 0 Å². The number of hydrogen-bond acceptors (Lipinski definition) is 3. The maximum Gasteiger partial charge on any atom is 0.416 e. The molecule has 1 aliphatic heterocycles. The monoisotopic (exact) mass is 274 g/mol. The third-order valence-electron chi connectivity index (χ3n) is 3.02. The zero-order valence-electron chi connectivity index (χ0n) is 10.2. The SMILES string of the molecule is CC(CO)N1CC(=O)Nc2cc(C(F)(F)F)ccc21. The highest BCUT2D eigenvalue weighted by Crippen LogP contribution is 2.37. The molecular weight excluding hydrogens is 261 g/mol. The number of anilines is 2. The summed E-state index contributed by atoms with van der Waals surface area (Å²) >= 11 is 0. The van der Waals surface area contributed by atoms with Gasteiger partial charge in [0, 0.05) is 6.04 Å². The molecule has 1 heterocycles. The molecule has 1 aliphatic rings. The minimum absolute atomic E-state index is 0.0140. The van der Waals surface area contributed by atoms with E-state index in [1.807, 2.05) is 0 Å². The van der Waals surface area contributed by atoms with Gasteiger partial charge >= 0.3 is 6.18 Å². The van der Waals surface area contributed by atoms with Gasteiger partial charge < -0.3 is 15.3 Å². The van der Waals surface area contributed by atoms with E-state index in [0.717, 1.165) is 12.1 Å². The minimum Gasteiger partial charge on any atom is -0.394 e. The molecule has 104 valence electrons. The number of hydrogen-bond donors (Lipinski definition) is 2. The van der Waals surface area contributed by atoms with Gasteiger partial charge in [-0.15, -0.1) is 0 Å². The Kier molecular flexibility index (Phi) is 3.40. The molecule has 0 saturated heterocycles. The van der Waals surface area contributed by atoms with Crippen molar-refractivity contribution in [3.8, 4) is 0 Å². The predicted octanol–water partition coefficient (Wildman–Crippen LogP) is 1.84. The van der Waals surface area contributed by atoms with Crippen molar-refractivity contribution in [2.24, 2.45) is 0 Å². The van der Waals surface area contributed by atoms with Crippen molar-refractivity contribution in [2.45, 2.75) is 19.1 Å². The van der Waals surface area contributed by atoms with Crippen LogP contribution in [0.3, 0.4) is 0 Å². The first-order valence-corrected chi connectivity index (χ1v) is 5.71. The molecule has 2 N–H and O–H groups in total. The van der Waals surface area contributed by atoms with E-state index < -0.39 is 17.6 Å². The summed E-state index contributed by atoms with van der Waals surface area (Å²) in [4.78, 5) is 13.1. The topological polar surface area (TPSA) is 52.6 Å². The van der Waals surface area contributed by atoms with E-state index in [0.29, 0.717) is 5.69 Å². The first-order valence-electron chi connectivity index (χ1n) is 5.71. The van der Waals surface area contributed by atoms with Gasteiger partial charge in [-0.2, -0.15) is 13.2 Å². The van der Waals surface area contributed by atoms with Gasteiger partial charge in [0.15, 0.2) is 0 Å². The summed E-state index contributed by atoms with van der Waals surface area (Å²) in [7, 11) is 0. The van der Waals surface area contributed by atoms with Gasteiger partial charge in [0.1, 0.15) is 0 Å². The summed E-state index contributed by atoms with van der Waals surface area (Å²) in [6.45, 7) is 1.52. The lowest BCUT2D eigenvalue weighted by atomic mass is 10.1. The normalized spacial score (nSPS) is 16.9. The van der Waals surface area contributed by atoms with Crippen molar-refractivity contribution in [1.29, 1.82) is 0 Å². The summed E-state index contributed by atoms with van der Waals surface area (Å²) in [5.41, 5.74) is -0.217. The Hall–Kier alpha value is -1.76. The summed E-state index contributed by atoms with van der Waals surface area (Å²) in [5.74, 6) is -0.396. The van der Waals surface area contributed by atoms with E-state index in [4.69, 9.17) is 5.11 Å². The number of benzene rings is 1. The molecule has 7 heteroatoms. The minimum atomic E-state index is -4.45. The van der Waals surface area contributed by atoms with Crippen LogP contribution in [0.15, 0.2) is 18.2 Å². The third-order valence-corrected chi connectivity index (χ3v) is 3.02. The molecule has 0 saturated carbocycles. The highest BCUT2D eigenvalue weighted by atomic mass is 19.4. The van der Waals surface area contributed by atoms with Gasteiger partial charge in [0.25, 0.3) is 0 Å². The summed E-state index contributed by atoms with van der Waals surface area (Å²) in [5, 5.41) is 11.5. The fourth-order valence-electron chi connectivity index (χ4n) is 1.98. The van der Waals surface area contributed by atoms with Crippen molar-refractivity contribution in [3.63, 3.8) is 0 Å². The van der Waals surface area contributed by atoms with Gasteiger partial charge in [-0.3, -0.25) is 4.79 Å². The Labute approximate surface area is 107 Å². The van der Waals surface area contributed by atoms with Gasteiger partial charge in [-0.25, -0.2) is 0 Å². The molecule has 0 radical (unpaired) electrons. The van der Waals surface area contributed by atoms with E-state index in [1.165, 1.54) is 6.07 Å². The zero-order chi connectivity index (χ0) is 14.2. The van der Waals surface area contributed by atoms with Gasteiger partial charge in [0.05, 0.1) is 30.1 Å². The molecule has 2 rings (SSSR count). The predicted molar refractivity (Wildman–Crippen MR) is 64.0 cm³/mol. The lowest BCUT2D eigenvalue weighted by Crippen LogP contribution is -2.45.